The molecule has 372 valence electrons. The fraction of sp³-hybridized carbons (Fsp3) is 0.400. The van der Waals surface area contributed by atoms with Crippen LogP contribution in [0, 0.1) is 17.8 Å². The van der Waals surface area contributed by atoms with Gasteiger partial charge in [0.05, 0.1) is 0 Å². The third-order valence-electron chi connectivity index (χ3n) is 12.8. The predicted octanol–water partition coefficient (Wildman–Crippen LogP) is 5.94. The number of carboxylic acid groups (broad SMARTS) is 1. The molecule has 8 N–H and O–H groups in total. The molecule has 5 aromatic rings. The van der Waals surface area contributed by atoms with E-state index >= 15 is 0 Å². The maximum atomic E-state index is 14.6. The Morgan fingerprint density at radius 2 is 0.971 bits per heavy atom. The lowest BCUT2D eigenvalue weighted by atomic mass is 9.84. The predicted molar refractivity (Wildman–Crippen MR) is 270 cm³/mol. The van der Waals surface area contributed by atoms with Gasteiger partial charge in [-0.05, 0) is 52.5 Å². The molecule has 8 unspecified atom stereocenters. The molecule has 5 rings (SSSR count). The minimum atomic E-state index is -1.31. The summed E-state index contributed by atoms with van der Waals surface area (Å²) in [5, 5.41) is 28.1. The molecule has 0 bridgehead atoms. The van der Waals surface area contributed by atoms with Gasteiger partial charge in [0.15, 0.2) is 0 Å². The van der Waals surface area contributed by atoms with E-state index < -0.39 is 95.4 Å². The van der Waals surface area contributed by atoms with Gasteiger partial charge in [-0.3, -0.25) is 28.8 Å². The number of fused-ring (bicyclic) bond motifs is 1. The van der Waals surface area contributed by atoms with Crippen molar-refractivity contribution in [3.8, 4) is 0 Å². The lowest BCUT2D eigenvalue weighted by molar-refractivity contribution is -0.142. The molecule has 8 atom stereocenters. The highest BCUT2D eigenvalue weighted by molar-refractivity contribution is 5.97. The molecule has 0 aliphatic heterocycles. The van der Waals surface area contributed by atoms with Crippen molar-refractivity contribution in [1.82, 2.24) is 36.9 Å². The third-order valence-corrected chi connectivity index (χ3v) is 12.8. The van der Waals surface area contributed by atoms with E-state index in [4.69, 9.17) is 0 Å². The number of para-hydroxylation sites is 1. The molecular weight excluding hydrogens is 887 g/mol. The van der Waals surface area contributed by atoms with E-state index in [0.29, 0.717) is 24.0 Å². The van der Waals surface area contributed by atoms with Gasteiger partial charge >= 0.3 is 5.97 Å². The summed E-state index contributed by atoms with van der Waals surface area (Å²) in [6.45, 7) is 12.4. The van der Waals surface area contributed by atoms with Crippen molar-refractivity contribution in [3.63, 3.8) is 0 Å². The summed E-state index contributed by atoms with van der Waals surface area (Å²) in [5.41, 5.74) is 3.79. The monoisotopic (exact) mass is 956 g/mol. The summed E-state index contributed by atoms with van der Waals surface area (Å²) in [6.07, 6.45) is 2.83. The van der Waals surface area contributed by atoms with Crippen LogP contribution in [0.2, 0.25) is 0 Å². The molecule has 15 heteroatoms. The zero-order chi connectivity index (χ0) is 50.9. The largest absolute Gasteiger partial charge is 0.480 e. The van der Waals surface area contributed by atoms with Gasteiger partial charge < -0.3 is 42.0 Å². The van der Waals surface area contributed by atoms with Crippen molar-refractivity contribution in [2.45, 2.75) is 123 Å². The molecule has 0 aliphatic rings. The van der Waals surface area contributed by atoms with Gasteiger partial charge in [-0.25, -0.2) is 4.79 Å². The van der Waals surface area contributed by atoms with Gasteiger partial charge in [-0.1, -0.05) is 164 Å². The molecule has 15 nitrogen and oxygen atoms in total. The van der Waals surface area contributed by atoms with Crippen LogP contribution in [0.3, 0.4) is 0 Å². The molecule has 0 radical (unpaired) electrons. The van der Waals surface area contributed by atoms with E-state index in [1.54, 1.807) is 32.2 Å². The topological polar surface area (TPSA) is 228 Å². The molecule has 6 amide bonds. The average molecular weight is 956 g/mol. The van der Waals surface area contributed by atoms with Crippen molar-refractivity contribution in [2.24, 2.45) is 17.8 Å². The van der Waals surface area contributed by atoms with Crippen LogP contribution in [0.25, 0.3) is 10.9 Å². The number of aromatic nitrogens is 1. The first-order valence-electron chi connectivity index (χ1n) is 24.2. The van der Waals surface area contributed by atoms with Crippen LogP contribution in [0.5, 0.6) is 0 Å². The second-order valence-corrected chi connectivity index (χ2v) is 18.6. The number of amides is 6. The average Bonchev–Trinajstić information content (AvgIpc) is 3.76. The second kappa shape index (κ2) is 25.9. The first-order chi connectivity index (χ1) is 33.5. The number of aromatic amines is 1. The SMILES string of the molecule is CCC(C)C(NC(=O)C(Cc1ccccc1)NC(=O)C(CC(C)C)NC(=O)C(NC(C)=O)C(c1ccccc1)c1ccccc1)C(=O)NC(C(=O)NC(Cc1c[nH]c2ccccc12)C(=O)O)C(C)CC. The molecule has 0 spiro atoms. The lowest BCUT2D eigenvalue weighted by Gasteiger charge is -2.31. The van der Waals surface area contributed by atoms with Crippen LogP contribution in [-0.2, 0) is 46.4 Å². The molecule has 1 aromatic heterocycles. The van der Waals surface area contributed by atoms with E-state index in [2.05, 4.69) is 36.9 Å². The number of aliphatic carboxylic acids is 1. The number of hydrogen-bond donors (Lipinski definition) is 8. The van der Waals surface area contributed by atoms with Crippen molar-refractivity contribution in [3.05, 3.63) is 144 Å². The Morgan fingerprint density at radius 3 is 1.50 bits per heavy atom. The Labute approximate surface area is 410 Å². The van der Waals surface area contributed by atoms with Gasteiger partial charge in [0.25, 0.3) is 0 Å². The van der Waals surface area contributed by atoms with Crippen LogP contribution in [0.4, 0.5) is 0 Å². The number of benzene rings is 4. The minimum absolute atomic E-state index is 0.00812. The molecule has 0 saturated carbocycles. The highest BCUT2D eigenvalue weighted by Gasteiger charge is 2.38. The van der Waals surface area contributed by atoms with Gasteiger partial charge in [0, 0.05) is 42.8 Å². The van der Waals surface area contributed by atoms with Crippen LogP contribution in [0.15, 0.2) is 121 Å². The summed E-state index contributed by atoms with van der Waals surface area (Å²) in [5.74, 6) is -6.54. The zero-order valence-electron chi connectivity index (χ0n) is 41.2. The Bertz CT molecular complexity index is 2490. The quantitative estimate of drug-likeness (QED) is 0.0349. The van der Waals surface area contributed by atoms with Gasteiger partial charge in [-0.2, -0.15) is 0 Å². The van der Waals surface area contributed by atoms with Gasteiger partial charge in [0.2, 0.25) is 35.4 Å². The summed E-state index contributed by atoms with van der Waals surface area (Å²) in [6, 6.07) is 28.0. The number of carbonyl (C=O) groups excluding carboxylic acids is 6. The van der Waals surface area contributed by atoms with E-state index in [1.165, 1.54) is 6.92 Å². The lowest BCUT2D eigenvalue weighted by Crippen LogP contribution is -2.62. The van der Waals surface area contributed by atoms with Crippen LogP contribution >= 0.6 is 0 Å². The van der Waals surface area contributed by atoms with Crippen LogP contribution < -0.4 is 31.9 Å². The molecule has 4 aromatic carbocycles. The normalized spacial score (nSPS) is 14.8. The fourth-order valence-electron chi connectivity index (χ4n) is 8.60. The maximum absolute atomic E-state index is 14.6. The Kier molecular flexibility index (Phi) is 19.9. The Hall–Kier alpha value is -7.29. The van der Waals surface area contributed by atoms with E-state index in [0.717, 1.165) is 22.0 Å². The standard InChI is InChI=1S/C55H69N7O8/c1-8-34(5)47(52(66)60-45(55(69)70)31-40-32-56-42-28-20-19-27-41(40)42)62-53(67)48(35(6)9-2)61-51(65)44(30-37-21-13-10-14-22-37)58-50(64)43(29-33(3)4)59-54(68)49(57-36(7)63)46(38-23-15-11-16-24-38)39-25-17-12-18-26-39/h10-28,32-35,43-49,56H,8-9,29-31H2,1-7H3,(H,57,63)(H,58,64)(H,59,68)(H,60,66)(H,61,65)(H,62,67)(H,69,70). The first kappa shape index (κ1) is 53.7. The van der Waals surface area contributed by atoms with Crippen molar-refractivity contribution >= 4 is 52.3 Å². The summed E-state index contributed by atoms with van der Waals surface area (Å²) >= 11 is 0. The van der Waals surface area contributed by atoms with Crippen molar-refractivity contribution in [2.75, 3.05) is 0 Å². The molecule has 0 fully saturated rings. The van der Waals surface area contributed by atoms with Crippen molar-refractivity contribution < 1.29 is 38.7 Å². The number of carboxylic acids is 1. The number of hydrogen-bond acceptors (Lipinski definition) is 7. The minimum Gasteiger partial charge on any atom is -0.480 e. The Balaban J connectivity index is 1.39. The number of carbonyl (C=O) groups is 7. The molecule has 0 aliphatic carbocycles. The summed E-state index contributed by atoms with van der Waals surface area (Å²) in [4.78, 5) is 100. The highest BCUT2D eigenvalue weighted by Crippen LogP contribution is 2.29. The van der Waals surface area contributed by atoms with Gasteiger partial charge in [-0.15, -0.1) is 0 Å². The third kappa shape index (κ3) is 14.9. The Morgan fingerprint density at radius 1 is 0.514 bits per heavy atom. The van der Waals surface area contributed by atoms with Crippen LogP contribution in [0.1, 0.15) is 95.9 Å². The molecular formula is C55H69N7O8. The summed E-state index contributed by atoms with van der Waals surface area (Å²) in [7, 11) is 0. The fourth-order valence-corrected chi connectivity index (χ4v) is 8.60. The van der Waals surface area contributed by atoms with E-state index in [-0.39, 0.29) is 25.2 Å². The van der Waals surface area contributed by atoms with Crippen molar-refractivity contribution in [1.29, 1.82) is 0 Å². The molecule has 0 saturated heterocycles. The van der Waals surface area contributed by atoms with E-state index in [1.807, 2.05) is 131 Å². The number of nitrogens with one attached hydrogen (secondary N) is 7. The zero-order valence-corrected chi connectivity index (χ0v) is 41.2. The highest BCUT2D eigenvalue weighted by atomic mass is 16.4. The maximum Gasteiger partial charge on any atom is 0.326 e. The number of H-pyrrole nitrogens is 1. The first-order valence-corrected chi connectivity index (χ1v) is 24.2. The summed E-state index contributed by atoms with van der Waals surface area (Å²) < 4.78 is 0. The molecule has 70 heavy (non-hydrogen) atoms. The smallest absolute Gasteiger partial charge is 0.326 e. The van der Waals surface area contributed by atoms with Crippen LogP contribution in [-0.4, -0.2) is 87.8 Å². The molecule has 1 heterocycles. The van der Waals surface area contributed by atoms with Gasteiger partial charge in [0.1, 0.15) is 36.3 Å². The van der Waals surface area contributed by atoms with E-state index in [9.17, 15) is 38.7 Å². The number of rotatable bonds is 25. The second-order valence-electron chi connectivity index (χ2n) is 18.6.